The lowest BCUT2D eigenvalue weighted by molar-refractivity contribution is 0.0456. The lowest BCUT2D eigenvalue weighted by Gasteiger charge is -2.31. The van der Waals surface area contributed by atoms with E-state index < -0.39 is 11.6 Å². The second kappa shape index (κ2) is 5.81. The van der Waals surface area contributed by atoms with Gasteiger partial charge in [0.2, 0.25) is 0 Å². The molecule has 1 aromatic carbocycles. The van der Waals surface area contributed by atoms with Gasteiger partial charge < -0.3 is 14.5 Å². The molecule has 6 heteroatoms. The van der Waals surface area contributed by atoms with Crippen LogP contribution in [0.3, 0.4) is 0 Å². The molecule has 0 radical (unpaired) electrons. The van der Waals surface area contributed by atoms with Crippen molar-refractivity contribution >= 4 is 11.6 Å². The largest absolute Gasteiger partial charge is 0.378 e. The maximum atomic E-state index is 13.8. The Hall–Kier alpha value is -1.95. The first-order chi connectivity index (χ1) is 10.1. The third kappa shape index (κ3) is 2.90. The fraction of sp³-hybridized carbons (Fsp3) is 0.400. The quantitative estimate of drug-likeness (QED) is 0.795. The van der Waals surface area contributed by atoms with Gasteiger partial charge in [0.05, 0.1) is 13.2 Å². The summed E-state index contributed by atoms with van der Waals surface area (Å²) in [5.41, 5.74) is 0.876. The van der Waals surface area contributed by atoms with Gasteiger partial charge in [-0.25, -0.2) is 13.6 Å². The van der Waals surface area contributed by atoms with Gasteiger partial charge in [-0.2, -0.15) is 0 Å². The SMILES string of the molecule is O=C(N1CCOCC1)N1CC=C(c2cc(F)ccc2F)C1. The number of carbonyl (C=O) groups is 1. The Bertz CT molecular complexity index is 583. The third-order valence-corrected chi connectivity index (χ3v) is 3.75. The number of benzene rings is 1. The van der Waals surface area contributed by atoms with Crippen molar-refractivity contribution in [3.63, 3.8) is 0 Å². The monoisotopic (exact) mass is 294 g/mol. The fourth-order valence-corrected chi connectivity index (χ4v) is 2.59. The molecule has 0 aliphatic carbocycles. The zero-order chi connectivity index (χ0) is 14.8. The third-order valence-electron chi connectivity index (χ3n) is 3.75. The van der Waals surface area contributed by atoms with Crippen LogP contribution in [0.25, 0.3) is 5.57 Å². The van der Waals surface area contributed by atoms with Gasteiger partial charge in [-0.3, -0.25) is 0 Å². The van der Waals surface area contributed by atoms with Crippen LogP contribution in [0.1, 0.15) is 5.56 Å². The van der Waals surface area contributed by atoms with E-state index in [0.29, 0.717) is 45.0 Å². The Balaban J connectivity index is 1.69. The predicted molar refractivity (Wildman–Crippen MR) is 73.7 cm³/mol. The van der Waals surface area contributed by atoms with Gasteiger partial charge in [0.1, 0.15) is 11.6 Å². The van der Waals surface area contributed by atoms with E-state index in [9.17, 15) is 13.6 Å². The molecule has 21 heavy (non-hydrogen) atoms. The summed E-state index contributed by atoms with van der Waals surface area (Å²) in [4.78, 5) is 15.7. The van der Waals surface area contributed by atoms with Crippen molar-refractivity contribution < 1.29 is 18.3 Å². The van der Waals surface area contributed by atoms with Crippen molar-refractivity contribution in [1.82, 2.24) is 9.80 Å². The minimum absolute atomic E-state index is 0.0821. The van der Waals surface area contributed by atoms with Gasteiger partial charge in [0.15, 0.2) is 0 Å². The van der Waals surface area contributed by atoms with Crippen LogP contribution >= 0.6 is 0 Å². The number of halogens is 2. The van der Waals surface area contributed by atoms with Crippen molar-refractivity contribution in [3.05, 3.63) is 41.5 Å². The molecule has 0 bridgehead atoms. The van der Waals surface area contributed by atoms with Gasteiger partial charge >= 0.3 is 6.03 Å². The minimum atomic E-state index is -0.481. The molecule has 0 atom stereocenters. The van der Waals surface area contributed by atoms with Crippen molar-refractivity contribution in [3.8, 4) is 0 Å². The summed E-state index contributed by atoms with van der Waals surface area (Å²) in [6.45, 7) is 2.94. The zero-order valence-electron chi connectivity index (χ0n) is 11.5. The number of amides is 2. The molecular weight excluding hydrogens is 278 g/mol. The zero-order valence-corrected chi connectivity index (χ0v) is 11.5. The lowest BCUT2D eigenvalue weighted by Crippen LogP contribution is -2.47. The van der Waals surface area contributed by atoms with E-state index in [1.165, 1.54) is 6.07 Å². The number of carbonyl (C=O) groups excluding carboxylic acids is 1. The molecule has 2 aliphatic heterocycles. The van der Waals surface area contributed by atoms with Crippen LogP contribution in [-0.2, 0) is 4.74 Å². The van der Waals surface area contributed by atoms with E-state index in [0.717, 1.165) is 12.1 Å². The summed E-state index contributed by atoms with van der Waals surface area (Å²) in [6.07, 6.45) is 1.77. The van der Waals surface area contributed by atoms with E-state index >= 15 is 0 Å². The number of morpholine rings is 1. The molecule has 3 rings (SSSR count). The molecule has 0 N–H and O–H groups in total. The number of hydrogen-bond acceptors (Lipinski definition) is 2. The Kier molecular flexibility index (Phi) is 3.88. The van der Waals surface area contributed by atoms with Crippen molar-refractivity contribution in [2.45, 2.75) is 0 Å². The maximum absolute atomic E-state index is 13.8. The van der Waals surface area contributed by atoms with Crippen LogP contribution in [0.15, 0.2) is 24.3 Å². The molecule has 112 valence electrons. The Labute approximate surface area is 121 Å². The molecule has 4 nitrogen and oxygen atoms in total. The highest BCUT2D eigenvalue weighted by Crippen LogP contribution is 2.25. The van der Waals surface area contributed by atoms with Crippen LogP contribution in [0, 0.1) is 11.6 Å². The predicted octanol–water partition coefficient (Wildman–Crippen LogP) is 2.12. The standard InChI is InChI=1S/C15H16F2N2O2/c16-12-1-2-14(17)13(9-12)11-3-4-19(10-11)15(20)18-5-7-21-8-6-18/h1-3,9H,4-8,10H2. The Morgan fingerprint density at radius 2 is 1.90 bits per heavy atom. The number of ether oxygens (including phenoxy) is 1. The van der Waals surface area contributed by atoms with E-state index in [4.69, 9.17) is 4.74 Å². The van der Waals surface area contributed by atoms with Gasteiger partial charge in [0.25, 0.3) is 0 Å². The second-order valence-corrected chi connectivity index (χ2v) is 5.12. The van der Waals surface area contributed by atoms with Gasteiger partial charge in [-0.15, -0.1) is 0 Å². The molecule has 0 spiro atoms. The Morgan fingerprint density at radius 3 is 2.67 bits per heavy atom. The summed E-state index contributed by atoms with van der Waals surface area (Å²) >= 11 is 0. The minimum Gasteiger partial charge on any atom is -0.378 e. The summed E-state index contributed by atoms with van der Waals surface area (Å²) in [6, 6.07) is 3.29. The van der Waals surface area contributed by atoms with Crippen molar-refractivity contribution in [1.29, 1.82) is 0 Å². The average Bonchev–Trinajstić information content (AvgIpc) is 2.99. The highest BCUT2D eigenvalue weighted by atomic mass is 19.1. The van der Waals surface area contributed by atoms with Crippen molar-refractivity contribution in [2.75, 3.05) is 39.4 Å². The van der Waals surface area contributed by atoms with E-state index in [1.54, 1.807) is 15.9 Å². The number of rotatable bonds is 1. The molecular formula is C15H16F2N2O2. The molecule has 1 saturated heterocycles. The first-order valence-corrected chi connectivity index (χ1v) is 6.91. The number of urea groups is 1. The van der Waals surface area contributed by atoms with Gasteiger partial charge in [-0.1, -0.05) is 6.08 Å². The van der Waals surface area contributed by atoms with E-state index in [2.05, 4.69) is 0 Å². The molecule has 2 heterocycles. The van der Waals surface area contributed by atoms with Crippen LogP contribution in [0.2, 0.25) is 0 Å². The van der Waals surface area contributed by atoms with Crippen LogP contribution in [0.5, 0.6) is 0 Å². The maximum Gasteiger partial charge on any atom is 0.320 e. The summed E-state index contributed by atoms with van der Waals surface area (Å²) in [5, 5.41) is 0. The van der Waals surface area contributed by atoms with Crippen LogP contribution in [0.4, 0.5) is 13.6 Å². The molecule has 1 fully saturated rings. The smallest absolute Gasteiger partial charge is 0.320 e. The summed E-state index contributed by atoms with van der Waals surface area (Å²) < 4.78 is 32.2. The fourth-order valence-electron chi connectivity index (χ4n) is 2.59. The normalized spacial score (nSPS) is 18.9. The molecule has 0 unspecified atom stereocenters. The summed E-state index contributed by atoms with van der Waals surface area (Å²) in [5.74, 6) is -0.950. The first kappa shape index (κ1) is 14.0. The highest BCUT2D eigenvalue weighted by molar-refractivity contribution is 5.81. The first-order valence-electron chi connectivity index (χ1n) is 6.91. The van der Waals surface area contributed by atoms with Crippen LogP contribution in [-0.4, -0.2) is 55.2 Å². The lowest BCUT2D eigenvalue weighted by atomic mass is 10.1. The molecule has 2 aliphatic rings. The second-order valence-electron chi connectivity index (χ2n) is 5.12. The van der Waals surface area contributed by atoms with Gasteiger partial charge in [-0.05, 0) is 23.8 Å². The van der Waals surface area contributed by atoms with Crippen LogP contribution < -0.4 is 0 Å². The molecule has 2 amide bonds. The molecule has 1 aromatic rings. The Morgan fingerprint density at radius 1 is 1.14 bits per heavy atom. The van der Waals surface area contributed by atoms with E-state index in [1.807, 2.05) is 0 Å². The van der Waals surface area contributed by atoms with Gasteiger partial charge in [0, 0.05) is 31.7 Å². The summed E-state index contributed by atoms with van der Waals surface area (Å²) in [7, 11) is 0. The average molecular weight is 294 g/mol. The number of nitrogens with zero attached hydrogens (tertiary/aromatic N) is 2. The highest BCUT2D eigenvalue weighted by Gasteiger charge is 2.27. The molecule has 0 saturated carbocycles. The topological polar surface area (TPSA) is 32.8 Å². The van der Waals surface area contributed by atoms with Crippen molar-refractivity contribution in [2.24, 2.45) is 0 Å². The molecule has 0 aromatic heterocycles. The van der Waals surface area contributed by atoms with E-state index in [-0.39, 0.29) is 11.6 Å². The number of hydrogen-bond donors (Lipinski definition) is 0.